The van der Waals surface area contributed by atoms with E-state index in [4.69, 9.17) is 15.6 Å². The van der Waals surface area contributed by atoms with Crippen molar-refractivity contribution in [2.75, 3.05) is 25.4 Å². The summed E-state index contributed by atoms with van der Waals surface area (Å²) in [5.74, 6) is 1.55. The lowest BCUT2D eigenvalue weighted by Crippen LogP contribution is -2.40. The summed E-state index contributed by atoms with van der Waals surface area (Å²) in [6.07, 6.45) is 5.52. The molecule has 0 bridgehead atoms. The molecule has 3 aromatic rings. The second kappa shape index (κ2) is 8.09. The van der Waals surface area contributed by atoms with Gasteiger partial charge in [-0.15, -0.1) is 0 Å². The van der Waals surface area contributed by atoms with Crippen molar-refractivity contribution >= 4 is 22.6 Å². The zero-order valence-corrected chi connectivity index (χ0v) is 18.9. The van der Waals surface area contributed by atoms with Crippen molar-refractivity contribution in [3.8, 4) is 11.3 Å². The van der Waals surface area contributed by atoms with Gasteiger partial charge >= 0.3 is 0 Å². The molecular formula is C25H28N6O3. The Bertz CT molecular complexity index is 1330. The number of rotatable bonds is 4. The van der Waals surface area contributed by atoms with E-state index in [1.54, 1.807) is 9.58 Å². The first-order valence-corrected chi connectivity index (χ1v) is 11.9. The number of nitrogens with two attached hydrogens (primary N) is 1. The van der Waals surface area contributed by atoms with Gasteiger partial charge in [-0.1, -0.05) is 30.8 Å². The van der Waals surface area contributed by atoms with E-state index in [2.05, 4.69) is 28.9 Å². The summed E-state index contributed by atoms with van der Waals surface area (Å²) in [5, 5.41) is 11.9. The van der Waals surface area contributed by atoms with Crippen LogP contribution in [-0.4, -0.2) is 50.5 Å². The molecule has 3 N–H and O–H groups in total. The maximum absolute atomic E-state index is 12.9. The third kappa shape index (κ3) is 3.42. The minimum atomic E-state index is -0.345. The first-order chi connectivity index (χ1) is 16.5. The summed E-state index contributed by atoms with van der Waals surface area (Å²) in [5.41, 5.74) is 8.95. The fraction of sp³-hybridized carbons (Fsp3) is 0.440. The Balaban J connectivity index is 1.40. The number of nitrogen functional groups attached to an aromatic ring is 1. The number of aromatic nitrogens is 4. The minimum absolute atomic E-state index is 0.116. The van der Waals surface area contributed by atoms with Crippen molar-refractivity contribution in [3.05, 3.63) is 52.8 Å². The summed E-state index contributed by atoms with van der Waals surface area (Å²) < 4.78 is 7.79. The normalized spacial score (nSPS) is 26.3. The van der Waals surface area contributed by atoms with Crippen LogP contribution in [0.1, 0.15) is 43.4 Å². The fourth-order valence-electron chi connectivity index (χ4n) is 5.68. The Morgan fingerprint density at radius 1 is 1.26 bits per heavy atom. The van der Waals surface area contributed by atoms with Gasteiger partial charge in [0.25, 0.3) is 5.56 Å². The maximum Gasteiger partial charge on any atom is 0.290 e. The summed E-state index contributed by atoms with van der Waals surface area (Å²) >= 11 is 0. The van der Waals surface area contributed by atoms with Crippen LogP contribution >= 0.6 is 0 Å². The van der Waals surface area contributed by atoms with Gasteiger partial charge in [0, 0.05) is 25.3 Å². The summed E-state index contributed by atoms with van der Waals surface area (Å²) in [6.45, 7) is 5.55. The maximum atomic E-state index is 12.9. The molecule has 2 aromatic heterocycles. The number of piperidine rings is 1. The Kier molecular flexibility index (Phi) is 5.02. The zero-order valence-electron chi connectivity index (χ0n) is 18.9. The van der Waals surface area contributed by atoms with Gasteiger partial charge in [0.2, 0.25) is 5.91 Å². The monoisotopic (exact) mass is 460 g/mol. The van der Waals surface area contributed by atoms with E-state index in [1.165, 1.54) is 24.5 Å². The molecule has 6 rings (SSSR count). The molecule has 3 fully saturated rings. The quantitative estimate of drug-likeness (QED) is 0.578. The number of amides is 1. The molecule has 34 heavy (non-hydrogen) atoms. The molecule has 2 saturated heterocycles. The highest BCUT2D eigenvalue weighted by molar-refractivity contribution is 5.99. The fourth-order valence-corrected chi connectivity index (χ4v) is 5.68. The van der Waals surface area contributed by atoms with Crippen molar-refractivity contribution in [2.45, 2.75) is 37.8 Å². The first kappa shape index (κ1) is 21.1. The highest BCUT2D eigenvalue weighted by atomic mass is 16.5. The zero-order chi connectivity index (χ0) is 23.4. The summed E-state index contributed by atoms with van der Waals surface area (Å²) in [7, 11) is 0. The number of aromatic amines is 1. The van der Waals surface area contributed by atoms with E-state index in [0.29, 0.717) is 35.6 Å². The van der Waals surface area contributed by atoms with Crippen molar-refractivity contribution in [1.82, 2.24) is 24.9 Å². The van der Waals surface area contributed by atoms with E-state index >= 15 is 0 Å². The van der Waals surface area contributed by atoms with E-state index < -0.39 is 0 Å². The number of carbonyl (C=O) groups is 1. The van der Waals surface area contributed by atoms with Crippen molar-refractivity contribution in [2.24, 2.45) is 11.8 Å². The molecule has 176 valence electrons. The van der Waals surface area contributed by atoms with Gasteiger partial charge in [-0.05, 0) is 49.2 Å². The predicted octanol–water partition coefficient (Wildman–Crippen LogP) is 2.82. The number of anilines is 1. The SMILES string of the molecule is C=CC(=O)N1CCC[C@@H](n2nc(-c3ccc(C4OCCC5CC54)cc3)c3c(N)n[nH]c(=O)c32)C1. The van der Waals surface area contributed by atoms with Crippen LogP contribution in [0.15, 0.2) is 41.7 Å². The number of likely N-dealkylation sites (tertiary alicyclic amines) is 1. The van der Waals surface area contributed by atoms with Crippen LogP contribution < -0.4 is 11.3 Å². The van der Waals surface area contributed by atoms with Gasteiger partial charge in [-0.3, -0.25) is 14.3 Å². The average molecular weight is 461 g/mol. The van der Waals surface area contributed by atoms with Gasteiger partial charge in [-0.2, -0.15) is 10.2 Å². The van der Waals surface area contributed by atoms with E-state index in [0.717, 1.165) is 30.9 Å². The molecule has 0 radical (unpaired) electrons. The highest BCUT2D eigenvalue weighted by Crippen LogP contribution is 2.54. The third-order valence-corrected chi connectivity index (χ3v) is 7.55. The Labute approximate surface area is 196 Å². The van der Waals surface area contributed by atoms with Crippen molar-refractivity contribution < 1.29 is 9.53 Å². The summed E-state index contributed by atoms with van der Waals surface area (Å²) in [6, 6.07) is 8.08. The number of hydrogen-bond donors (Lipinski definition) is 2. The molecule has 0 spiro atoms. The van der Waals surface area contributed by atoms with Crippen LogP contribution in [0.4, 0.5) is 5.82 Å². The minimum Gasteiger partial charge on any atom is -0.382 e. The standard InChI is InChI=1S/C25H28N6O3/c1-2-19(32)30-10-3-4-17(13-30)31-22-20(24(26)27-28-25(22)33)21(29-31)14-5-7-15(8-6-14)23-18-12-16(18)9-11-34-23/h2,5-8,16-18,23H,1,3-4,9-13H2,(H2,26,27)(H,28,33)/t16?,17-,18?,23?/m1/s1. The number of H-pyrrole nitrogens is 1. The largest absolute Gasteiger partial charge is 0.382 e. The van der Waals surface area contributed by atoms with E-state index in [-0.39, 0.29) is 29.4 Å². The third-order valence-electron chi connectivity index (χ3n) is 7.55. The van der Waals surface area contributed by atoms with Crippen LogP contribution in [0.25, 0.3) is 22.2 Å². The number of ether oxygens (including phenoxy) is 1. The van der Waals surface area contributed by atoms with Crippen LogP contribution in [0.5, 0.6) is 0 Å². The average Bonchev–Trinajstić information content (AvgIpc) is 3.56. The van der Waals surface area contributed by atoms with Gasteiger partial charge in [0.1, 0.15) is 11.2 Å². The molecule has 1 aromatic carbocycles. The number of benzene rings is 1. The van der Waals surface area contributed by atoms with Gasteiger partial charge in [0.15, 0.2) is 5.82 Å². The molecule has 9 heteroatoms. The molecule has 4 heterocycles. The van der Waals surface area contributed by atoms with E-state index in [1.807, 2.05) is 12.1 Å². The number of carbonyl (C=O) groups excluding carboxylic acids is 1. The number of nitrogens with zero attached hydrogens (tertiary/aromatic N) is 4. The lowest BCUT2D eigenvalue weighted by molar-refractivity contribution is -0.127. The molecule has 2 aliphatic heterocycles. The molecule has 1 amide bonds. The summed E-state index contributed by atoms with van der Waals surface area (Å²) in [4.78, 5) is 26.8. The molecule has 1 aliphatic carbocycles. The smallest absolute Gasteiger partial charge is 0.290 e. The van der Waals surface area contributed by atoms with Crippen molar-refractivity contribution in [3.63, 3.8) is 0 Å². The Morgan fingerprint density at radius 3 is 2.88 bits per heavy atom. The molecular weight excluding hydrogens is 432 g/mol. The van der Waals surface area contributed by atoms with Crippen LogP contribution in [-0.2, 0) is 9.53 Å². The van der Waals surface area contributed by atoms with Crippen LogP contribution in [0, 0.1) is 11.8 Å². The van der Waals surface area contributed by atoms with Gasteiger partial charge < -0.3 is 15.4 Å². The van der Waals surface area contributed by atoms with Crippen molar-refractivity contribution in [1.29, 1.82) is 0 Å². The second-order valence-corrected chi connectivity index (χ2v) is 9.60. The molecule has 1 saturated carbocycles. The number of nitrogens with one attached hydrogen (secondary N) is 1. The molecule has 9 nitrogen and oxygen atoms in total. The Hall–Kier alpha value is -3.46. The lowest BCUT2D eigenvalue weighted by Gasteiger charge is -2.32. The first-order valence-electron chi connectivity index (χ1n) is 11.9. The molecule has 3 aliphatic rings. The number of hydrogen-bond acceptors (Lipinski definition) is 6. The van der Waals surface area contributed by atoms with Gasteiger partial charge in [0.05, 0.1) is 17.5 Å². The topological polar surface area (TPSA) is 119 Å². The highest BCUT2D eigenvalue weighted by Gasteiger charge is 2.46. The second-order valence-electron chi connectivity index (χ2n) is 9.60. The van der Waals surface area contributed by atoms with Crippen LogP contribution in [0.2, 0.25) is 0 Å². The number of fused-ring (bicyclic) bond motifs is 2. The van der Waals surface area contributed by atoms with Gasteiger partial charge in [-0.25, -0.2) is 5.10 Å². The predicted molar refractivity (Wildman–Crippen MR) is 128 cm³/mol. The Morgan fingerprint density at radius 2 is 2.09 bits per heavy atom. The molecule has 3 unspecified atom stereocenters. The molecule has 4 atom stereocenters. The van der Waals surface area contributed by atoms with Crippen LogP contribution in [0.3, 0.4) is 0 Å². The lowest BCUT2D eigenvalue weighted by atomic mass is 9.98. The van der Waals surface area contributed by atoms with E-state index in [9.17, 15) is 9.59 Å².